The van der Waals surface area contributed by atoms with Crippen molar-refractivity contribution in [3.63, 3.8) is 0 Å². The minimum absolute atomic E-state index is 0. The molecule has 0 aromatic heterocycles. The predicted molar refractivity (Wildman–Crippen MR) is 110 cm³/mol. The molecule has 1 saturated heterocycles. The van der Waals surface area contributed by atoms with Gasteiger partial charge in [0.15, 0.2) is 0 Å². The van der Waals surface area contributed by atoms with Gasteiger partial charge < -0.3 is 20.3 Å². The average molecular weight is 398 g/mol. The van der Waals surface area contributed by atoms with Crippen LogP contribution in [0.2, 0.25) is 0 Å². The number of nitrogens with one attached hydrogen (secondary N) is 2. The number of carbonyl (C=O) groups is 2. The molecule has 0 bridgehead atoms. The smallest absolute Gasteiger partial charge is 0.255 e. The Kier molecular flexibility index (Phi) is 10.8. The summed E-state index contributed by atoms with van der Waals surface area (Å²) in [4.78, 5) is 26.7. The summed E-state index contributed by atoms with van der Waals surface area (Å²) in [7, 11) is 1.95. The lowest BCUT2D eigenvalue weighted by Gasteiger charge is -2.32. The normalized spacial score (nSPS) is 16.4. The van der Waals surface area contributed by atoms with E-state index in [1.54, 1.807) is 12.1 Å². The van der Waals surface area contributed by atoms with Crippen molar-refractivity contribution in [2.24, 2.45) is 5.92 Å². The summed E-state index contributed by atoms with van der Waals surface area (Å²) in [5.74, 6) is 1.17. The number of nitrogens with zero attached hydrogens (tertiary/aromatic N) is 1. The standard InChI is InChI=1S/C20H31N3O3.ClH/c1-3-26-18-10-5-4-9-17(18)20(25)22-12-6-11-19(24)23-13-7-8-16(15-23)14-21-2;/h4-5,9-10,16,21H,3,6-8,11-15H2,1-2H3,(H,22,25);1H. The maximum Gasteiger partial charge on any atom is 0.255 e. The second kappa shape index (κ2) is 12.6. The van der Waals surface area contributed by atoms with E-state index in [1.807, 2.05) is 31.0 Å². The number of hydrogen-bond acceptors (Lipinski definition) is 4. The largest absolute Gasteiger partial charge is 0.493 e. The van der Waals surface area contributed by atoms with Gasteiger partial charge in [-0.2, -0.15) is 0 Å². The number of hydrogen-bond donors (Lipinski definition) is 2. The molecule has 1 atom stereocenters. The fourth-order valence-corrected chi connectivity index (χ4v) is 3.38. The summed E-state index contributed by atoms with van der Waals surface area (Å²) in [5.41, 5.74) is 0.534. The fraction of sp³-hybridized carbons (Fsp3) is 0.600. The molecule has 1 aromatic carbocycles. The molecule has 1 aliphatic heterocycles. The lowest BCUT2D eigenvalue weighted by Crippen LogP contribution is -2.42. The Morgan fingerprint density at radius 2 is 2.07 bits per heavy atom. The second-order valence-electron chi connectivity index (χ2n) is 6.69. The number of benzene rings is 1. The van der Waals surface area contributed by atoms with Crippen molar-refractivity contribution in [2.45, 2.75) is 32.6 Å². The summed E-state index contributed by atoms with van der Waals surface area (Å²) in [6.07, 6.45) is 3.37. The first kappa shape index (κ1) is 23.2. The van der Waals surface area contributed by atoms with Crippen LogP contribution in [0.3, 0.4) is 0 Å². The number of halogens is 1. The van der Waals surface area contributed by atoms with E-state index in [0.717, 1.165) is 26.1 Å². The lowest BCUT2D eigenvalue weighted by molar-refractivity contribution is -0.133. The Labute approximate surface area is 168 Å². The van der Waals surface area contributed by atoms with Crippen LogP contribution in [0.25, 0.3) is 0 Å². The highest BCUT2D eigenvalue weighted by Crippen LogP contribution is 2.18. The molecule has 1 aliphatic rings. The van der Waals surface area contributed by atoms with Gasteiger partial charge in [0.2, 0.25) is 5.91 Å². The SMILES string of the molecule is CCOc1ccccc1C(=O)NCCCC(=O)N1CCCC(CNC)C1.Cl. The number of piperidine rings is 1. The molecule has 0 radical (unpaired) electrons. The number of rotatable bonds is 9. The number of likely N-dealkylation sites (tertiary alicyclic amines) is 1. The lowest BCUT2D eigenvalue weighted by atomic mass is 9.97. The first-order valence-electron chi connectivity index (χ1n) is 9.58. The molecule has 6 nitrogen and oxygen atoms in total. The molecule has 1 fully saturated rings. The summed E-state index contributed by atoms with van der Waals surface area (Å²) in [5, 5.41) is 6.08. The first-order chi connectivity index (χ1) is 12.7. The topological polar surface area (TPSA) is 70.7 Å². The maximum absolute atomic E-state index is 12.4. The van der Waals surface area contributed by atoms with Crippen LogP contribution in [0, 0.1) is 5.92 Å². The minimum Gasteiger partial charge on any atom is -0.493 e. The second-order valence-corrected chi connectivity index (χ2v) is 6.69. The van der Waals surface area contributed by atoms with Crippen molar-refractivity contribution in [2.75, 3.05) is 39.8 Å². The molecule has 0 spiro atoms. The van der Waals surface area contributed by atoms with Crippen LogP contribution in [-0.2, 0) is 4.79 Å². The van der Waals surface area contributed by atoms with Crippen molar-refractivity contribution in [3.8, 4) is 5.75 Å². The molecule has 1 unspecified atom stereocenters. The van der Waals surface area contributed by atoms with E-state index in [1.165, 1.54) is 6.42 Å². The number of amides is 2. The van der Waals surface area contributed by atoms with Gasteiger partial charge in [0.05, 0.1) is 12.2 Å². The summed E-state index contributed by atoms with van der Waals surface area (Å²) in [6, 6.07) is 7.21. The predicted octanol–water partition coefficient (Wildman–Crippen LogP) is 2.48. The van der Waals surface area contributed by atoms with Crippen LogP contribution < -0.4 is 15.4 Å². The van der Waals surface area contributed by atoms with Gasteiger partial charge in [-0.25, -0.2) is 0 Å². The zero-order chi connectivity index (χ0) is 18.8. The molecule has 1 aromatic rings. The Morgan fingerprint density at radius 1 is 1.30 bits per heavy atom. The molecule has 7 heteroatoms. The minimum atomic E-state index is -0.159. The van der Waals surface area contributed by atoms with Gasteiger partial charge in [0, 0.05) is 26.1 Å². The Bertz CT molecular complexity index is 596. The fourth-order valence-electron chi connectivity index (χ4n) is 3.38. The van der Waals surface area contributed by atoms with Crippen LogP contribution in [-0.4, -0.2) is 56.5 Å². The van der Waals surface area contributed by atoms with Gasteiger partial charge in [0.25, 0.3) is 5.91 Å². The Balaban J connectivity index is 0.00000364. The Hall–Kier alpha value is -1.79. The van der Waals surface area contributed by atoms with Crippen molar-refractivity contribution in [1.29, 1.82) is 0 Å². The Morgan fingerprint density at radius 3 is 2.81 bits per heavy atom. The third kappa shape index (κ3) is 7.39. The molecule has 0 aliphatic carbocycles. The van der Waals surface area contributed by atoms with Gasteiger partial charge in [-0.1, -0.05) is 12.1 Å². The molecule has 2 rings (SSSR count). The molecule has 2 N–H and O–H groups in total. The monoisotopic (exact) mass is 397 g/mol. The van der Waals surface area contributed by atoms with E-state index in [0.29, 0.717) is 43.2 Å². The van der Waals surface area contributed by atoms with Crippen molar-refractivity contribution in [1.82, 2.24) is 15.5 Å². The molecule has 152 valence electrons. The number of para-hydroxylation sites is 1. The molecular formula is C20H32ClN3O3. The van der Waals surface area contributed by atoms with Gasteiger partial charge in [-0.3, -0.25) is 9.59 Å². The third-order valence-electron chi connectivity index (χ3n) is 4.65. The molecule has 2 amide bonds. The van der Waals surface area contributed by atoms with E-state index < -0.39 is 0 Å². The van der Waals surface area contributed by atoms with Gasteiger partial charge in [0.1, 0.15) is 5.75 Å². The molecule has 1 heterocycles. The first-order valence-corrected chi connectivity index (χ1v) is 9.58. The highest BCUT2D eigenvalue weighted by atomic mass is 35.5. The van der Waals surface area contributed by atoms with Gasteiger partial charge in [-0.05, 0) is 57.8 Å². The zero-order valence-electron chi connectivity index (χ0n) is 16.3. The molecule has 0 saturated carbocycles. The van der Waals surface area contributed by atoms with Crippen LogP contribution in [0.4, 0.5) is 0 Å². The van der Waals surface area contributed by atoms with Crippen molar-refractivity contribution < 1.29 is 14.3 Å². The molecular weight excluding hydrogens is 366 g/mol. The highest BCUT2D eigenvalue weighted by Gasteiger charge is 2.22. The van der Waals surface area contributed by atoms with E-state index in [2.05, 4.69) is 10.6 Å². The van der Waals surface area contributed by atoms with E-state index in [4.69, 9.17) is 4.74 Å². The highest BCUT2D eigenvalue weighted by molar-refractivity contribution is 5.96. The van der Waals surface area contributed by atoms with Crippen LogP contribution in [0.1, 0.15) is 43.0 Å². The summed E-state index contributed by atoms with van der Waals surface area (Å²) >= 11 is 0. The summed E-state index contributed by atoms with van der Waals surface area (Å²) in [6.45, 7) is 5.55. The third-order valence-corrected chi connectivity index (χ3v) is 4.65. The zero-order valence-corrected chi connectivity index (χ0v) is 17.1. The van der Waals surface area contributed by atoms with Crippen LogP contribution in [0.15, 0.2) is 24.3 Å². The molecule has 27 heavy (non-hydrogen) atoms. The van der Waals surface area contributed by atoms with Crippen LogP contribution in [0.5, 0.6) is 5.75 Å². The number of carbonyl (C=O) groups excluding carboxylic acids is 2. The van der Waals surface area contributed by atoms with Gasteiger partial charge >= 0.3 is 0 Å². The van der Waals surface area contributed by atoms with E-state index in [9.17, 15) is 9.59 Å². The van der Waals surface area contributed by atoms with E-state index >= 15 is 0 Å². The van der Waals surface area contributed by atoms with E-state index in [-0.39, 0.29) is 24.2 Å². The quantitative estimate of drug-likeness (QED) is 0.628. The van der Waals surface area contributed by atoms with Crippen LogP contribution >= 0.6 is 12.4 Å². The van der Waals surface area contributed by atoms with Crippen molar-refractivity contribution >= 4 is 24.2 Å². The van der Waals surface area contributed by atoms with Crippen molar-refractivity contribution in [3.05, 3.63) is 29.8 Å². The maximum atomic E-state index is 12.4. The summed E-state index contributed by atoms with van der Waals surface area (Å²) < 4.78 is 5.49. The number of ether oxygens (including phenoxy) is 1. The average Bonchev–Trinajstić information content (AvgIpc) is 2.66. The van der Waals surface area contributed by atoms with Gasteiger partial charge in [-0.15, -0.1) is 12.4 Å².